The van der Waals surface area contributed by atoms with Crippen LogP contribution in [0.1, 0.15) is 57.8 Å². The predicted molar refractivity (Wildman–Crippen MR) is 120 cm³/mol. The minimum Gasteiger partial charge on any atom is -0.346 e. The summed E-state index contributed by atoms with van der Waals surface area (Å²) in [4.78, 5) is 32.2. The molecule has 7 nitrogen and oxygen atoms in total. The van der Waals surface area contributed by atoms with Gasteiger partial charge in [-0.25, -0.2) is 9.78 Å². The first-order valence-electron chi connectivity index (χ1n) is 10.9. The molecule has 2 saturated heterocycles. The highest BCUT2D eigenvalue weighted by Gasteiger charge is 2.42. The van der Waals surface area contributed by atoms with Crippen LogP contribution in [0.3, 0.4) is 0 Å². The number of hydrogen-bond acceptors (Lipinski definition) is 4. The zero-order valence-corrected chi connectivity index (χ0v) is 18.4. The fourth-order valence-electron chi connectivity index (χ4n) is 4.39. The van der Waals surface area contributed by atoms with Crippen molar-refractivity contribution in [3.8, 4) is 0 Å². The third-order valence-electron chi connectivity index (χ3n) is 5.86. The molecule has 3 heterocycles. The van der Waals surface area contributed by atoms with E-state index < -0.39 is 0 Å². The fraction of sp³-hybridized carbons (Fsp3) is 0.591. The Bertz CT molecular complexity index is 866. The maximum atomic E-state index is 12.6. The fourth-order valence-corrected chi connectivity index (χ4v) is 5.93. The molecule has 0 saturated carbocycles. The number of imidazole rings is 1. The summed E-state index contributed by atoms with van der Waals surface area (Å²) in [5, 5.41) is 9.64. The molecule has 4 atom stereocenters. The lowest BCUT2D eigenvalue weighted by Gasteiger charge is -2.19. The number of nitrogens with zero attached hydrogens (tertiary/aromatic N) is 1. The van der Waals surface area contributed by atoms with Crippen molar-refractivity contribution in [2.75, 3.05) is 5.75 Å². The lowest BCUT2D eigenvalue weighted by Crippen LogP contribution is -2.36. The van der Waals surface area contributed by atoms with Crippen LogP contribution in [-0.4, -0.2) is 45.0 Å². The Morgan fingerprint density at radius 1 is 1.27 bits per heavy atom. The van der Waals surface area contributed by atoms with E-state index in [-0.39, 0.29) is 30.1 Å². The molecule has 3 amide bonds. The van der Waals surface area contributed by atoms with Crippen molar-refractivity contribution in [2.24, 2.45) is 5.92 Å². The van der Waals surface area contributed by atoms with Crippen molar-refractivity contribution in [1.82, 2.24) is 25.9 Å². The molecule has 2 aliphatic rings. The van der Waals surface area contributed by atoms with Gasteiger partial charge in [-0.1, -0.05) is 32.4 Å². The molecule has 4 unspecified atom stereocenters. The number of hydrogen-bond donors (Lipinski definition) is 4. The van der Waals surface area contributed by atoms with Crippen LogP contribution in [-0.2, 0) is 4.79 Å². The standard InChI is InChI=1S/C22H31N5O2S/c1-13(2)11-16(21-24-14-7-3-4-8-15(14)25-21)23-19(28)10-6-5-9-18-20-17(12-30-18)26-22(29)27-20/h3-4,7-8,13,16-18,20H,5-6,9-12H2,1-2H3,(H,23,28)(H,24,25)(H2,26,27,29). The number of aromatic nitrogens is 2. The van der Waals surface area contributed by atoms with Crippen molar-refractivity contribution in [2.45, 2.75) is 69.3 Å². The topological polar surface area (TPSA) is 98.9 Å². The second-order valence-electron chi connectivity index (χ2n) is 8.76. The number of urea groups is 1. The molecule has 8 heteroatoms. The number of carbonyl (C=O) groups is 2. The minimum absolute atomic E-state index is 0.0449. The maximum absolute atomic E-state index is 12.6. The first-order valence-corrected chi connectivity index (χ1v) is 12.0. The van der Waals surface area contributed by atoms with Gasteiger partial charge in [0, 0.05) is 17.4 Å². The van der Waals surface area contributed by atoms with Crippen LogP contribution in [0.2, 0.25) is 0 Å². The van der Waals surface area contributed by atoms with E-state index in [0.717, 1.165) is 48.3 Å². The highest BCUT2D eigenvalue weighted by molar-refractivity contribution is 8.00. The van der Waals surface area contributed by atoms with Crippen LogP contribution in [0.5, 0.6) is 0 Å². The summed E-state index contributed by atoms with van der Waals surface area (Å²) in [6.45, 7) is 4.32. The van der Waals surface area contributed by atoms with E-state index in [0.29, 0.717) is 17.6 Å². The molecule has 4 N–H and O–H groups in total. The van der Waals surface area contributed by atoms with Crippen molar-refractivity contribution >= 4 is 34.7 Å². The van der Waals surface area contributed by atoms with Crippen LogP contribution in [0.15, 0.2) is 24.3 Å². The van der Waals surface area contributed by atoms with Crippen LogP contribution < -0.4 is 16.0 Å². The van der Waals surface area contributed by atoms with E-state index in [1.807, 2.05) is 36.0 Å². The second kappa shape index (κ2) is 9.29. The van der Waals surface area contributed by atoms with Gasteiger partial charge >= 0.3 is 6.03 Å². The number of benzene rings is 1. The first kappa shape index (κ1) is 21.0. The lowest BCUT2D eigenvalue weighted by molar-refractivity contribution is -0.122. The number of para-hydroxylation sites is 2. The molecule has 0 radical (unpaired) electrons. The van der Waals surface area contributed by atoms with Gasteiger partial charge < -0.3 is 20.9 Å². The molecule has 1 aromatic carbocycles. The van der Waals surface area contributed by atoms with Gasteiger partial charge in [0.05, 0.1) is 29.2 Å². The van der Waals surface area contributed by atoms with E-state index in [1.54, 1.807) is 0 Å². The summed E-state index contributed by atoms with van der Waals surface area (Å²) >= 11 is 1.92. The van der Waals surface area contributed by atoms with E-state index in [9.17, 15) is 9.59 Å². The number of rotatable bonds is 9. The number of fused-ring (bicyclic) bond motifs is 2. The zero-order chi connectivity index (χ0) is 21.1. The van der Waals surface area contributed by atoms with Gasteiger partial charge in [-0.3, -0.25) is 4.79 Å². The third-order valence-corrected chi connectivity index (χ3v) is 7.37. The zero-order valence-electron chi connectivity index (χ0n) is 17.6. The second-order valence-corrected chi connectivity index (χ2v) is 10.0. The van der Waals surface area contributed by atoms with Crippen molar-refractivity contribution in [3.63, 3.8) is 0 Å². The SMILES string of the molecule is CC(C)CC(NC(=O)CCCCC1SCC2NC(=O)NC21)c1nc2ccccc2[nH]1. The normalized spacial score (nSPS) is 24.0. The van der Waals surface area contributed by atoms with Gasteiger partial charge in [-0.05, 0) is 37.3 Å². The van der Waals surface area contributed by atoms with Crippen LogP contribution >= 0.6 is 11.8 Å². The quantitative estimate of drug-likeness (QED) is 0.362. The molecular formula is C22H31N5O2S. The molecule has 0 bridgehead atoms. The number of nitrogens with one attached hydrogen (secondary N) is 4. The van der Waals surface area contributed by atoms with E-state index in [4.69, 9.17) is 4.98 Å². The smallest absolute Gasteiger partial charge is 0.315 e. The highest BCUT2D eigenvalue weighted by atomic mass is 32.2. The van der Waals surface area contributed by atoms with Gasteiger partial charge in [0.25, 0.3) is 0 Å². The molecular weight excluding hydrogens is 398 g/mol. The summed E-state index contributed by atoms with van der Waals surface area (Å²) in [6, 6.07) is 8.30. The predicted octanol–water partition coefficient (Wildman–Crippen LogP) is 3.49. The van der Waals surface area contributed by atoms with Gasteiger partial charge in [-0.15, -0.1) is 0 Å². The number of H-pyrrole nitrogens is 1. The van der Waals surface area contributed by atoms with Crippen LogP contribution in [0.4, 0.5) is 4.79 Å². The molecule has 0 spiro atoms. The molecule has 1 aromatic heterocycles. The van der Waals surface area contributed by atoms with E-state index >= 15 is 0 Å². The summed E-state index contributed by atoms with van der Waals surface area (Å²) < 4.78 is 0. The average molecular weight is 430 g/mol. The minimum atomic E-state index is -0.101. The summed E-state index contributed by atoms with van der Waals surface area (Å²) in [5.41, 5.74) is 1.92. The van der Waals surface area contributed by atoms with Crippen LogP contribution in [0.25, 0.3) is 11.0 Å². The maximum Gasteiger partial charge on any atom is 0.315 e. The number of thioether (sulfide) groups is 1. The first-order chi connectivity index (χ1) is 14.5. The largest absolute Gasteiger partial charge is 0.346 e. The summed E-state index contributed by atoms with van der Waals surface area (Å²) in [7, 11) is 0. The van der Waals surface area contributed by atoms with Gasteiger partial charge in [-0.2, -0.15) is 11.8 Å². The Kier molecular flexibility index (Phi) is 6.51. The molecule has 2 aromatic rings. The summed E-state index contributed by atoms with van der Waals surface area (Å²) in [6.07, 6.45) is 4.24. The van der Waals surface area contributed by atoms with Crippen LogP contribution in [0, 0.1) is 5.92 Å². The van der Waals surface area contributed by atoms with Crippen molar-refractivity contribution in [3.05, 3.63) is 30.1 Å². The molecule has 162 valence electrons. The molecule has 2 fully saturated rings. The Hall–Kier alpha value is -2.22. The van der Waals surface area contributed by atoms with E-state index in [1.165, 1.54) is 0 Å². The van der Waals surface area contributed by atoms with Gasteiger partial charge in [0.2, 0.25) is 5.91 Å². The highest BCUT2D eigenvalue weighted by Crippen LogP contribution is 2.33. The van der Waals surface area contributed by atoms with Crippen molar-refractivity contribution in [1.29, 1.82) is 0 Å². The van der Waals surface area contributed by atoms with Crippen molar-refractivity contribution < 1.29 is 9.59 Å². The Morgan fingerprint density at radius 3 is 2.90 bits per heavy atom. The van der Waals surface area contributed by atoms with Gasteiger partial charge in [0.1, 0.15) is 5.82 Å². The number of carbonyl (C=O) groups excluding carboxylic acids is 2. The molecule has 4 rings (SSSR count). The molecule has 30 heavy (non-hydrogen) atoms. The Balaban J connectivity index is 1.26. The lowest BCUT2D eigenvalue weighted by atomic mass is 10.0. The Labute approximate surface area is 181 Å². The molecule has 0 aliphatic carbocycles. The number of unbranched alkanes of at least 4 members (excludes halogenated alkanes) is 1. The average Bonchev–Trinajstić information content (AvgIpc) is 3.38. The monoisotopic (exact) mass is 429 g/mol. The Morgan fingerprint density at radius 2 is 2.10 bits per heavy atom. The van der Waals surface area contributed by atoms with Gasteiger partial charge in [0.15, 0.2) is 0 Å². The van der Waals surface area contributed by atoms with E-state index in [2.05, 4.69) is 34.8 Å². The number of aromatic amines is 1. The third kappa shape index (κ3) is 4.91. The summed E-state index contributed by atoms with van der Waals surface area (Å²) in [5.74, 6) is 2.33. The molecule has 2 aliphatic heterocycles. The number of amides is 3.